The van der Waals surface area contributed by atoms with E-state index >= 15 is 0 Å². The molecule has 3 nitrogen and oxygen atoms in total. The maximum atomic E-state index is 11.3. The van der Waals surface area contributed by atoms with Crippen molar-refractivity contribution in [2.75, 3.05) is 0 Å². The molecule has 0 aliphatic rings. The molecule has 1 amide bonds. The third-order valence-corrected chi connectivity index (χ3v) is 2.51. The average molecular weight is 302 g/mol. The standard InChI is InChI=1S/C11H21NO2.C4H10.C3H8/c1-4-5-6-7-11(14)12-9(2)8-10(3)13;1-3-4-2;1-3-2/h9H,4-8H2,1-3H3,(H,12,14);3-4H2,1-2H3;3H2,1-2H3. The lowest BCUT2D eigenvalue weighted by molar-refractivity contribution is -0.122. The molecule has 0 saturated carbocycles. The molecule has 0 spiro atoms. The molecule has 0 heterocycles. The summed E-state index contributed by atoms with van der Waals surface area (Å²) in [6.45, 7) is 14.1. The Balaban J connectivity index is -0.000000386. The highest BCUT2D eigenvalue weighted by molar-refractivity contribution is 5.79. The zero-order valence-corrected chi connectivity index (χ0v) is 15.6. The van der Waals surface area contributed by atoms with E-state index in [-0.39, 0.29) is 17.7 Å². The first-order chi connectivity index (χ1) is 9.89. The van der Waals surface area contributed by atoms with Crippen molar-refractivity contribution in [2.24, 2.45) is 0 Å². The van der Waals surface area contributed by atoms with Crippen LogP contribution in [0.2, 0.25) is 0 Å². The van der Waals surface area contributed by atoms with Crippen LogP contribution in [0.1, 0.15) is 99.8 Å². The minimum atomic E-state index is -0.0263. The van der Waals surface area contributed by atoms with Gasteiger partial charge in [-0.05, 0) is 20.3 Å². The second kappa shape index (κ2) is 21.4. The quantitative estimate of drug-likeness (QED) is 0.620. The summed E-state index contributed by atoms with van der Waals surface area (Å²) in [6.07, 6.45) is 8.05. The molecule has 0 bridgehead atoms. The smallest absolute Gasteiger partial charge is 0.220 e. The van der Waals surface area contributed by atoms with Gasteiger partial charge in [-0.3, -0.25) is 9.59 Å². The van der Waals surface area contributed by atoms with Crippen LogP contribution in [0, 0.1) is 0 Å². The van der Waals surface area contributed by atoms with Gasteiger partial charge in [0.05, 0.1) is 0 Å². The van der Waals surface area contributed by atoms with Gasteiger partial charge in [-0.25, -0.2) is 0 Å². The van der Waals surface area contributed by atoms with Crippen molar-refractivity contribution in [1.82, 2.24) is 5.32 Å². The predicted molar refractivity (Wildman–Crippen MR) is 93.6 cm³/mol. The molecule has 0 fully saturated rings. The molecule has 0 aliphatic heterocycles. The van der Waals surface area contributed by atoms with Gasteiger partial charge in [0.25, 0.3) is 0 Å². The van der Waals surface area contributed by atoms with Gasteiger partial charge in [0, 0.05) is 18.9 Å². The van der Waals surface area contributed by atoms with Gasteiger partial charge in [-0.15, -0.1) is 0 Å². The van der Waals surface area contributed by atoms with Crippen molar-refractivity contribution >= 4 is 11.7 Å². The maximum Gasteiger partial charge on any atom is 0.220 e. The molecule has 1 N–H and O–H groups in total. The van der Waals surface area contributed by atoms with E-state index < -0.39 is 0 Å². The summed E-state index contributed by atoms with van der Waals surface area (Å²) in [5, 5.41) is 2.81. The fraction of sp³-hybridized carbons (Fsp3) is 0.889. The van der Waals surface area contributed by atoms with Crippen LogP contribution in [0.3, 0.4) is 0 Å². The summed E-state index contributed by atoms with van der Waals surface area (Å²) in [5.74, 6) is 0.179. The van der Waals surface area contributed by atoms with Crippen LogP contribution in [-0.2, 0) is 9.59 Å². The molecule has 3 heteroatoms. The highest BCUT2D eigenvalue weighted by Crippen LogP contribution is 2.00. The molecule has 0 aromatic carbocycles. The van der Waals surface area contributed by atoms with Crippen LogP contribution in [-0.4, -0.2) is 17.7 Å². The van der Waals surface area contributed by atoms with E-state index in [1.807, 2.05) is 6.92 Å². The van der Waals surface area contributed by atoms with Gasteiger partial charge >= 0.3 is 0 Å². The third kappa shape index (κ3) is 32.6. The SMILES string of the molecule is CCC.CCCC.CCCCCC(=O)NC(C)CC(C)=O. The van der Waals surface area contributed by atoms with Gasteiger partial charge < -0.3 is 5.32 Å². The normalized spacial score (nSPS) is 10.4. The fourth-order valence-electron chi connectivity index (χ4n) is 1.36. The Morgan fingerprint density at radius 3 is 1.71 bits per heavy atom. The number of rotatable bonds is 8. The molecule has 0 saturated heterocycles. The first kappa shape index (κ1) is 25.1. The second-order valence-electron chi connectivity index (χ2n) is 5.54. The highest BCUT2D eigenvalue weighted by Gasteiger charge is 2.08. The molecule has 0 aromatic heterocycles. The summed E-state index contributed by atoms with van der Waals surface area (Å²) in [7, 11) is 0. The van der Waals surface area contributed by atoms with Crippen LogP contribution < -0.4 is 5.32 Å². The Hall–Kier alpha value is -0.860. The number of nitrogens with one attached hydrogen (secondary N) is 1. The van der Waals surface area contributed by atoms with Gasteiger partial charge in [-0.2, -0.15) is 0 Å². The van der Waals surface area contributed by atoms with Gasteiger partial charge in [-0.1, -0.05) is 66.7 Å². The van der Waals surface area contributed by atoms with E-state index in [1.54, 1.807) is 6.92 Å². The Bertz CT molecular complexity index is 225. The Morgan fingerprint density at radius 2 is 1.38 bits per heavy atom. The monoisotopic (exact) mass is 301 g/mol. The zero-order chi connectivity index (χ0) is 17.1. The average Bonchev–Trinajstić information content (AvgIpc) is 2.39. The molecular formula is C18H39NO2. The van der Waals surface area contributed by atoms with Gasteiger partial charge in [0.15, 0.2) is 0 Å². The molecule has 0 aromatic rings. The number of carbonyl (C=O) groups is 2. The van der Waals surface area contributed by atoms with Crippen LogP contribution >= 0.6 is 0 Å². The Kier molecular flexibility index (Phi) is 25.6. The van der Waals surface area contributed by atoms with Crippen LogP contribution in [0.4, 0.5) is 0 Å². The molecule has 21 heavy (non-hydrogen) atoms. The zero-order valence-electron chi connectivity index (χ0n) is 15.6. The third-order valence-electron chi connectivity index (χ3n) is 2.51. The summed E-state index contributed by atoms with van der Waals surface area (Å²) < 4.78 is 0. The number of Topliss-reactive ketones (excluding diaryl/α,β-unsaturated/α-hetero) is 1. The van der Waals surface area contributed by atoms with Crippen molar-refractivity contribution in [1.29, 1.82) is 0 Å². The number of amides is 1. The predicted octanol–water partition coefficient (Wildman–Crippen LogP) is 5.27. The lowest BCUT2D eigenvalue weighted by atomic mass is 10.1. The van der Waals surface area contributed by atoms with E-state index in [0.29, 0.717) is 12.8 Å². The number of unbranched alkanes of at least 4 members (excludes halogenated alkanes) is 3. The van der Waals surface area contributed by atoms with E-state index in [0.717, 1.165) is 19.3 Å². The first-order valence-corrected chi connectivity index (χ1v) is 8.68. The van der Waals surface area contributed by atoms with Crippen molar-refractivity contribution in [3.63, 3.8) is 0 Å². The van der Waals surface area contributed by atoms with Crippen molar-refractivity contribution < 1.29 is 9.59 Å². The van der Waals surface area contributed by atoms with E-state index in [4.69, 9.17) is 0 Å². The number of hydrogen-bond donors (Lipinski definition) is 1. The van der Waals surface area contributed by atoms with E-state index in [2.05, 4.69) is 39.9 Å². The summed E-state index contributed by atoms with van der Waals surface area (Å²) in [6, 6.07) is -0.0263. The number of carbonyl (C=O) groups excluding carboxylic acids is 2. The number of ketones is 1. The topological polar surface area (TPSA) is 46.2 Å². The van der Waals surface area contributed by atoms with E-state index in [9.17, 15) is 9.59 Å². The summed E-state index contributed by atoms with van der Waals surface area (Å²) >= 11 is 0. The minimum absolute atomic E-state index is 0.0263. The van der Waals surface area contributed by atoms with Crippen LogP contribution in [0.15, 0.2) is 0 Å². The van der Waals surface area contributed by atoms with Crippen LogP contribution in [0.25, 0.3) is 0 Å². The molecular weight excluding hydrogens is 262 g/mol. The Labute approximate surface area is 133 Å². The molecule has 1 unspecified atom stereocenters. The number of hydrogen-bond acceptors (Lipinski definition) is 2. The van der Waals surface area contributed by atoms with Gasteiger partial charge in [0.2, 0.25) is 5.91 Å². The van der Waals surface area contributed by atoms with Crippen LogP contribution in [0.5, 0.6) is 0 Å². The molecule has 0 rings (SSSR count). The molecule has 0 aliphatic carbocycles. The largest absolute Gasteiger partial charge is 0.353 e. The summed E-state index contributed by atoms with van der Waals surface area (Å²) in [4.78, 5) is 22.0. The van der Waals surface area contributed by atoms with Crippen molar-refractivity contribution in [3.8, 4) is 0 Å². The second-order valence-corrected chi connectivity index (χ2v) is 5.54. The molecule has 1 atom stereocenters. The fourth-order valence-corrected chi connectivity index (χ4v) is 1.36. The molecule has 128 valence electrons. The molecule has 0 radical (unpaired) electrons. The lowest BCUT2D eigenvalue weighted by Crippen LogP contribution is -2.33. The Morgan fingerprint density at radius 1 is 0.905 bits per heavy atom. The van der Waals surface area contributed by atoms with Gasteiger partial charge in [0.1, 0.15) is 5.78 Å². The summed E-state index contributed by atoms with van der Waals surface area (Å²) in [5.41, 5.74) is 0. The van der Waals surface area contributed by atoms with Crippen molar-refractivity contribution in [2.45, 2.75) is 106 Å². The minimum Gasteiger partial charge on any atom is -0.353 e. The first-order valence-electron chi connectivity index (χ1n) is 8.68. The maximum absolute atomic E-state index is 11.3. The lowest BCUT2D eigenvalue weighted by Gasteiger charge is -2.11. The van der Waals surface area contributed by atoms with Crippen molar-refractivity contribution in [3.05, 3.63) is 0 Å². The van der Waals surface area contributed by atoms with E-state index in [1.165, 1.54) is 19.3 Å². The highest BCUT2D eigenvalue weighted by atomic mass is 16.1.